The molecule has 154 valence electrons. The molecule has 1 aromatic rings. The molecule has 1 saturated heterocycles. The summed E-state index contributed by atoms with van der Waals surface area (Å²) in [5.41, 5.74) is -2.79. The van der Waals surface area contributed by atoms with Gasteiger partial charge >= 0.3 is 6.09 Å². The predicted molar refractivity (Wildman–Crippen MR) is 93.5 cm³/mol. The van der Waals surface area contributed by atoms with Gasteiger partial charge in [0, 0.05) is 12.0 Å². The van der Waals surface area contributed by atoms with Gasteiger partial charge in [0.15, 0.2) is 15.9 Å². The number of rotatable bonds is 4. The molecule has 1 fully saturated rings. The summed E-state index contributed by atoms with van der Waals surface area (Å²) in [6.45, 7) is 0.0881. The van der Waals surface area contributed by atoms with Gasteiger partial charge in [-0.3, -0.25) is 0 Å². The highest BCUT2D eigenvalue weighted by Crippen LogP contribution is 2.41. The van der Waals surface area contributed by atoms with Crippen LogP contribution in [0, 0.1) is 11.6 Å². The van der Waals surface area contributed by atoms with Crippen molar-refractivity contribution in [2.24, 2.45) is 5.16 Å². The smallest absolute Gasteiger partial charge is 0.406 e. The molecule has 2 aliphatic rings. The molecule has 0 radical (unpaired) electrons. The zero-order valence-corrected chi connectivity index (χ0v) is 15.8. The average Bonchev–Trinajstić information content (AvgIpc) is 3.11. The van der Waals surface area contributed by atoms with Gasteiger partial charge in [-0.25, -0.2) is 26.4 Å². The van der Waals surface area contributed by atoms with Crippen LogP contribution in [0.15, 0.2) is 17.3 Å². The minimum atomic E-state index is -3.39. The Balaban J connectivity index is 1.75. The number of sulfone groups is 1. The number of ether oxygens (including phenoxy) is 1. The molecule has 1 atom stereocenters. The van der Waals surface area contributed by atoms with Gasteiger partial charge in [-0.1, -0.05) is 5.16 Å². The topological polar surface area (TPSA) is 94.1 Å². The first-order valence-corrected chi connectivity index (χ1v) is 10.4. The fourth-order valence-electron chi connectivity index (χ4n) is 3.26. The number of benzene rings is 1. The number of amides is 1. The zero-order chi connectivity index (χ0) is 20.5. The number of carbonyl (C=O) groups is 1. The Kier molecular flexibility index (Phi) is 5.55. The second kappa shape index (κ2) is 7.61. The normalized spacial score (nSPS) is 22.9. The quantitative estimate of drug-likeness (QED) is 0.806. The van der Waals surface area contributed by atoms with Gasteiger partial charge < -0.3 is 14.9 Å². The molecule has 0 bridgehead atoms. The summed E-state index contributed by atoms with van der Waals surface area (Å²) in [5.74, 6) is -3.12. The summed E-state index contributed by atoms with van der Waals surface area (Å²) in [5, 5.41) is 6.20. The molecule has 0 spiro atoms. The van der Waals surface area contributed by atoms with Gasteiger partial charge in [0.05, 0.1) is 36.4 Å². The van der Waals surface area contributed by atoms with Crippen LogP contribution in [-0.4, -0.2) is 51.5 Å². The molecule has 1 aromatic carbocycles. The Bertz CT molecular complexity index is 882. The van der Waals surface area contributed by atoms with Crippen molar-refractivity contribution in [3.8, 4) is 0 Å². The van der Waals surface area contributed by atoms with Gasteiger partial charge in [0.1, 0.15) is 17.3 Å². The first kappa shape index (κ1) is 20.4. The van der Waals surface area contributed by atoms with E-state index < -0.39 is 69.2 Å². The van der Waals surface area contributed by atoms with Crippen molar-refractivity contribution < 1.29 is 36.0 Å². The molecule has 28 heavy (non-hydrogen) atoms. The van der Waals surface area contributed by atoms with Crippen LogP contribution in [0.1, 0.15) is 30.4 Å². The Hall–Kier alpha value is -2.30. The van der Waals surface area contributed by atoms with E-state index in [1.165, 1.54) is 7.11 Å². The summed E-state index contributed by atoms with van der Waals surface area (Å²) in [6, 6.07) is 1.92. The van der Waals surface area contributed by atoms with E-state index in [0.717, 1.165) is 12.1 Å². The second-order valence-electron chi connectivity index (χ2n) is 6.77. The van der Waals surface area contributed by atoms with E-state index in [4.69, 9.17) is 4.84 Å². The van der Waals surface area contributed by atoms with Crippen LogP contribution in [0.5, 0.6) is 0 Å². The highest BCUT2D eigenvalue weighted by atomic mass is 32.2. The molecule has 11 heteroatoms. The molecule has 0 saturated carbocycles. The maximum absolute atomic E-state index is 15.1. The highest BCUT2D eigenvalue weighted by molar-refractivity contribution is 7.91. The second-order valence-corrected chi connectivity index (χ2v) is 9.08. The number of oxime groups is 1. The van der Waals surface area contributed by atoms with Gasteiger partial charge in [-0.15, -0.1) is 0 Å². The Morgan fingerprint density at radius 1 is 1.32 bits per heavy atom. The number of hydrogen-bond donors (Lipinski definition) is 1. The fraction of sp³-hybridized carbons (Fsp3) is 0.529. The Labute approximate surface area is 159 Å². The third-order valence-electron chi connectivity index (χ3n) is 4.83. The molecule has 1 amide bonds. The van der Waals surface area contributed by atoms with Crippen molar-refractivity contribution in [3.63, 3.8) is 0 Å². The predicted octanol–water partition coefficient (Wildman–Crippen LogP) is 2.19. The van der Waals surface area contributed by atoms with Crippen LogP contribution in [0.25, 0.3) is 0 Å². The lowest BCUT2D eigenvalue weighted by Gasteiger charge is -2.30. The highest BCUT2D eigenvalue weighted by Gasteiger charge is 2.43. The molecule has 3 rings (SSSR count). The van der Waals surface area contributed by atoms with E-state index in [1.54, 1.807) is 0 Å². The first-order chi connectivity index (χ1) is 13.1. The van der Waals surface area contributed by atoms with Crippen molar-refractivity contribution in [2.45, 2.75) is 31.0 Å². The third-order valence-corrected chi connectivity index (χ3v) is 6.49. The molecule has 2 heterocycles. The van der Waals surface area contributed by atoms with Gasteiger partial charge in [-0.05, 0) is 25.0 Å². The summed E-state index contributed by atoms with van der Waals surface area (Å²) in [6.07, 6.45) is -1.99. The largest absolute Gasteiger partial charge is 0.453 e. The first-order valence-electron chi connectivity index (χ1n) is 8.57. The summed E-state index contributed by atoms with van der Waals surface area (Å²) in [7, 11) is -2.18. The molecule has 7 nitrogen and oxygen atoms in total. The van der Waals surface area contributed by atoms with Crippen molar-refractivity contribution >= 4 is 21.6 Å². The van der Waals surface area contributed by atoms with Crippen molar-refractivity contribution in [3.05, 3.63) is 34.9 Å². The van der Waals surface area contributed by atoms with Gasteiger partial charge in [0.2, 0.25) is 0 Å². The number of halogens is 3. The number of carbonyl (C=O) groups excluding carboxylic acids is 1. The SMILES string of the molecule is COC(=O)NC[C@H]1CC(c2cc(F)c(C3(F)CCS(=O)(=O)CC3)c(F)c2)=NO1. The number of alkyl halides is 1. The molecule has 2 aliphatic heterocycles. The maximum atomic E-state index is 15.1. The van der Waals surface area contributed by atoms with Crippen molar-refractivity contribution in [1.29, 1.82) is 0 Å². The van der Waals surface area contributed by atoms with Crippen LogP contribution in [0.2, 0.25) is 0 Å². The van der Waals surface area contributed by atoms with E-state index in [-0.39, 0.29) is 24.2 Å². The molecule has 1 N–H and O–H groups in total. The monoisotopic (exact) mass is 420 g/mol. The van der Waals surface area contributed by atoms with E-state index in [9.17, 15) is 22.0 Å². The minimum Gasteiger partial charge on any atom is -0.453 e. The lowest BCUT2D eigenvalue weighted by Crippen LogP contribution is -2.35. The molecule has 0 unspecified atom stereocenters. The summed E-state index contributed by atoms with van der Waals surface area (Å²) in [4.78, 5) is 16.2. The lowest BCUT2D eigenvalue weighted by molar-refractivity contribution is 0.0827. The number of nitrogens with zero attached hydrogens (tertiary/aromatic N) is 1. The van der Waals surface area contributed by atoms with Crippen LogP contribution >= 0.6 is 0 Å². The van der Waals surface area contributed by atoms with Crippen molar-refractivity contribution in [2.75, 3.05) is 25.2 Å². The summed E-state index contributed by atoms with van der Waals surface area (Å²) >= 11 is 0. The van der Waals surface area contributed by atoms with E-state index in [0.29, 0.717) is 0 Å². The molecular weight excluding hydrogens is 401 g/mol. The maximum Gasteiger partial charge on any atom is 0.406 e. The van der Waals surface area contributed by atoms with Crippen LogP contribution < -0.4 is 5.32 Å². The number of alkyl carbamates (subject to hydrolysis) is 1. The minimum absolute atomic E-state index is 0.0881. The fourth-order valence-corrected chi connectivity index (χ4v) is 4.73. The Morgan fingerprint density at radius 2 is 1.93 bits per heavy atom. The lowest BCUT2D eigenvalue weighted by atomic mass is 9.87. The van der Waals surface area contributed by atoms with Gasteiger partial charge in [-0.2, -0.15) is 0 Å². The van der Waals surface area contributed by atoms with E-state index in [1.807, 2.05) is 0 Å². The Morgan fingerprint density at radius 3 is 2.50 bits per heavy atom. The average molecular weight is 420 g/mol. The number of hydrogen-bond acceptors (Lipinski definition) is 6. The van der Waals surface area contributed by atoms with Crippen LogP contribution in [-0.2, 0) is 25.1 Å². The van der Waals surface area contributed by atoms with E-state index >= 15 is 4.39 Å². The standard InChI is InChI=1S/C17H19F3N2O5S/c1-26-16(23)21-9-11-8-14(22-27-11)10-6-12(18)15(13(19)7-10)17(20)2-4-28(24,25)5-3-17/h6-7,11H,2-5,8-9H2,1H3,(H,21,23)/t11-/m1/s1. The number of nitrogens with one attached hydrogen (secondary N) is 1. The van der Waals surface area contributed by atoms with Crippen molar-refractivity contribution in [1.82, 2.24) is 5.32 Å². The zero-order valence-electron chi connectivity index (χ0n) is 15.0. The van der Waals surface area contributed by atoms with Gasteiger partial charge in [0.25, 0.3) is 0 Å². The van der Waals surface area contributed by atoms with E-state index in [2.05, 4.69) is 15.2 Å². The third kappa shape index (κ3) is 4.23. The van der Waals surface area contributed by atoms with Crippen LogP contribution in [0.3, 0.4) is 0 Å². The molecule has 0 aromatic heterocycles. The molecular formula is C17H19F3N2O5S. The molecule has 0 aliphatic carbocycles. The summed E-state index contributed by atoms with van der Waals surface area (Å²) < 4.78 is 71.7. The van der Waals surface area contributed by atoms with Crippen LogP contribution in [0.4, 0.5) is 18.0 Å². The number of methoxy groups -OCH3 is 1.